The molecule has 1 aliphatic rings. The van der Waals surface area contributed by atoms with Crippen molar-refractivity contribution in [3.8, 4) is 11.5 Å². The van der Waals surface area contributed by atoms with E-state index in [4.69, 9.17) is 14.7 Å². The third kappa shape index (κ3) is 6.31. The van der Waals surface area contributed by atoms with Gasteiger partial charge in [-0.1, -0.05) is 48.9 Å². The van der Waals surface area contributed by atoms with Crippen molar-refractivity contribution in [2.45, 2.75) is 51.0 Å². The van der Waals surface area contributed by atoms with Crippen molar-refractivity contribution in [2.24, 2.45) is 5.92 Å². The Morgan fingerprint density at radius 1 is 0.895 bits per heavy atom. The van der Waals surface area contributed by atoms with Crippen molar-refractivity contribution in [2.75, 3.05) is 19.0 Å². The molecule has 0 radical (unpaired) electrons. The summed E-state index contributed by atoms with van der Waals surface area (Å²) in [5.74, 6) is 3.83. The van der Waals surface area contributed by atoms with E-state index in [9.17, 15) is 4.79 Å². The first-order valence-electron chi connectivity index (χ1n) is 13.6. The number of nitrogens with zero attached hydrogens (tertiary/aromatic N) is 3. The van der Waals surface area contributed by atoms with Crippen LogP contribution in [0, 0.1) is 5.92 Å². The van der Waals surface area contributed by atoms with Crippen molar-refractivity contribution in [3.63, 3.8) is 0 Å². The molecule has 0 aliphatic heterocycles. The zero-order valence-corrected chi connectivity index (χ0v) is 22.3. The Kier molecular flexibility index (Phi) is 8.17. The molecule has 1 heterocycles. The van der Waals surface area contributed by atoms with Crippen LogP contribution in [0.4, 0.5) is 5.82 Å². The van der Waals surface area contributed by atoms with Gasteiger partial charge in [-0.05, 0) is 74.4 Å². The molecule has 196 valence electrons. The Balaban J connectivity index is 1.11. The lowest BCUT2D eigenvalue weighted by Gasteiger charge is -2.29. The first kappa shape index (κ1) is 25.7. The predicted molar refractivity (Wildman–Crippen MR) is 153 cm³/mol. The number of hydrogen-bond donors (Lipinski definition) is 1. The molecule has 0 saturated heterocycles. The van der Waals surface area contributed by atoms with Crippen molar-refractivity contribution < 1.29 is 9.53 Å². The lowest BCUT2D eigenvalue weighted by Crippen LogP contribution is -2.37. The quantitative estimate of drug-likeness (QED) is 0.269. The fourth-order valence-corrected chi connectivity index (χ4v) is 5.33. The molecular formula is C32H36N4O2. The summed E-state index contributed by atoms with van der Waals surface area (Å²) in [6.45, 7) is 0. The molecule has 4 aromatic rings. The number of rotatable bonds is 9. The van der Waals surface area contributed by atoms with Crippen molar-refractivity contribution in [1.82, 2.24) is 15.3 Å². The molecule has 0 unspecified atom stereocenters. The van der Waals surface area contributed by atoms with Gasteiger partial charge in [-0.15, -0.1) is 0 Å². The summed E-state index contributed by atoms with van der Waals surface area (Å²) in [6.07, 6.45) is 7.42. The molecule has 3 aromatic carbocycles. The molecule has 0 spiro atoms. The highest BCUT2D eigenvalue weighted by molar-refractivity contribution is 5.97. The van der Waals surface area contributed by atoms with Gasteiger partial charge in [-0.25, -0.2) is 9.97 Å². The minimum absolute atomic E-state index is 0.0647. The molecular weight excluding hydrogens is 472 g/mol. The number of carbonyl (C=O) groups excluding carboxylic acids is 1. The molecule has 6 nitrogen and oxygen atoms in total. The van der Waals surface area contributed by atoms with Gasteiger partial charge in [0.05, 0.1) is 11.1 Å². The fourth-order valence-electron chi connectivity index (χ4n) is 5.33. The lowest BCUT2D eigenvalue weighted by molar-refractivity contribution is 0.0918. The zero-order chi connectivity index (χ0) is 26.3. The zero-order valence-electron chi connectivity index (χ0n) is 22.3. The summed E-state index contributed by atoms with van der Waals surface area (Å²) >= 11 is 0. The number of anilines is 1. The minimum atomic E-state index is -0.0647. The molecule has 38 heavy (non-hydrogen) atoms. The molecule has 5 rings (SSSR count). The number of ether oxygens (including phenoxy) is 1. The lowest BCUT2D eigenvalue weighted by atomic mass is 9.83. The Morgan fingerprint density at radius 2 is 1.61 bits per heavy atom. The number of carbonyl (C=O) groups is 1. The van der Waals surface area contributed by atoms with E-state index in [-0.39, 0.29) is 11.9 Å². The maximum Gasteiger partial charge on any atom is 0.255 e. The third-order valence-corrected chi connectivity index (χ3v) is 7.35. The van der Waals surface area contributed by atoms with E-state index < -0.39 is 0 Å². The standard InChI is InChI=1S/C32H36N4O2/c1-36(2)31-26-14-6-8-16-28(26)34-30(35-31)18-10-11-23-19-21-24(22-20-23)33-32(37)27-15-7-9-17-29(27)38-25-12-4-3-5-13-25/h3-9,12-17,23-24H,10-11,18-22H2,1-2H3,(H,33,37). The molecule has 6 heteroatoms. The van der Waals surface area contributed by atoms with Crippen molar-refractivity contribution in [1.29, 1.82) is 0 Å². The average Bonchev–Trinajstić information content (AvgIpc) is 2.94. The van der Waals surface area contributed by atoms with Crippen LogP contribution >= 0.6 is 0 Å². The van der Waals surface area contributed by atoms with Crippen LogP contribution in [0.3, 0.4) is 0 Å². The van der Waals surface area contributed by atoms with Crippen LogP contribution < -0.4 is 15.0 Å². The van der Waals surface area contributed by atoms with E-state index in [0.717, 1.165) is 66.8 Å². The number of aromatic nitrogens is 2. The molecule has 1 aliphatic carbocycles. The van der Waals surface area contributed by atoms with Gasteiger partial charge >= 0.3 is 0 Å². The molecule has 1 saturated carbocycles. The highest BCUT2D eigenvalue weighted by atomic mass is 16.5. The van der Waals surface area contributed by atoms with Crippen molar-refractivity contribution in [3.05, 3.63) is 90.3 Å². The Labute approximate surface area is 225 Å². The van der Waals surface area contributed by atoms with E-state index in [1.165, 1.54) is 6.42 Å². The normalized spacial score (nSPS) is 17.2. The maximum atomic E-state index is 13.1. The first-order chi connectivity index (χ1) is 18.6. The van der Waals surface area contributed by atoms with Gasteiger partial charge < -0.3 is 15.0 Å². The largest absolute Gasteiger partial charge is 0.457 e. The second-order valence-electron chi connectivity index (χ2n) is 10.4. The smallest absolute Gasteiger partial charge is 0.255 e. The van der Waals surface area contributed by atoms with E-state index in [1.54, 1.807) is 0 Å². The second kappa shape index (κ2) is 12.1. The average molecular weight is 509 g/mol. The molecule has 1 amide bonds. The number of hydrogen-bond acceptors (Lipinski definition) is 5. The molecule has 0 atom stereocenters. The predicted octanol–water partition coefficient (Wildman–Crippen LogP) is 6.80. The third-order valence-electron chi connectivity index (χ3n) is 7.35. The molecule has 1 aromatic heterocycles. The first-order valence-corrected chi connectivity index (χ1v) is 13.6. The Hall–Kier alpha value is -3.93. The summed E-state index contributed by atoms with van der Waals surface area (Å²) < 4.78 is 5.99. The second-order valence-corrected chi connectivity index (χ2v) is 10.4. The van der Waals surface area contributed by atoms with Crippen LogP contribution in [-0.4, -0.2) is 36.0 Å². The van der Waals surface area contributed by atoms with Gasteiger partial charge in [0.2, 0.25) is 0 Å². The number of amides is 1. The monoisotopic (exact) mass is 508 g/mol. The van der Waals surface area contributed by atoms with Gasteiger partial charge in [0.15, 0.2) is 0 Å². The van der Waals surface area contributed by atoms with Gasteiger partial charge in [0.1, 0.15) is 23.1 Å². The fraction of sp³-hybridized carbons (Fsp3) is 0.344. The summed E-state index contributed by atoms with van der Waals surface area (Å²) in [5.41, 5.74) is 1.58. The van der Waals surface area contributed by atoms with Gasteiger partial charge in [0.25, 0.3) is 5.91 Å². The van der Waals surface area contributed by atoms with E-state index in [1.807, 2.05) is 80.8 Å². The van der Waals surface area contributed by atoms with Gasteiger partial charge in [-0.3, -0.25) is 4.79 Å². The number of aryl methyl sites for hydroxylation is 1. The van der Waals surface area contributed by atoms with Crippen molar-refractivity contribution >= 4 is 22.6 Å². The number of benzene rings is 3. The minimum Gasteiger partial charge on any atom is -0.457 e. The summed E-state index contributed by atoms with van der Waals surface area (Å²) in [6, 6.07) is 25.4. The topological polar surface area (TPSA) is 67.4 Å². The SMILES string of the molecule is CN(C)c1nc(CCCC2CCC(NC(=O)c3ccccc3Oc3ccccc3)CC2)nc2ccccc12. The van der Waals surface area contributed by atoms with E-state index >= 15 is 0 Å². The van der Waals surface area contributed by atoms with E-state index in [2.05, 4.69) is 22.3 Å². The van der Waals surface area contributed by atoms with Crippen LogP contribution in [0.5, 0.6) is 11.5 Å². The number of nitrogens with one attached hydrogen (secondary N) is 1. The van der Waals surface area contributed by atoms with Crippen LogP contribution in [0.1, 0.15) is 54.7 Å². The maximum absolute atomic E-state index is 13.1. The molecule has 1 N–H and O–H groups in total. The van der Waals surface area contributed by atoms with Crippen LogP contribution in [-0.2, 0) is 6.42 Å². The molecule has 0 bridgehead atoms. The van der Waals surface area contributed by atoms with Crippen LogP contribution in [0.25, 0.3) is 10.9 Å². The Bertz CT molecular complexity index is 1360. The van der Waals surface area contributed by atoms with Crippen LogP contribution in [0.2, 0.25) is 0 Å². The Morgan fingerprint density at radius 3 is 2.39 bits per heavy atom. The summed E-state index contributed by atoms with van der Waals surface area (Å²) in [7, 11) is 4.06. The highest BCUT2D eigenvalue weighted by Crippen LogP contribution is 2.30. The van der Waals surface area contributed by atoms with Crippen LogP contribution in [0.15, 0.2) is 78.9 Å². The summed E-state index contributed by atoms with van der Waals surface area (Å²) in [5, 5.41) is 4.35. The molecule has 1 fully saturated rings. The number of fused-ring (bicyclic) bond motifs is 1. The van der Waals surface area contributed by atoms with Gasteiger partial charge in [-0.2, -0.15) is 0 Å². The van der Waals surface area contributed by atoms with E-state index in [0.29, 0.717) is 17.2 Å². The number of para-hydroxylation sites is 3. The summed E-state index contributed by atoms with van der Waals surface area (Å²) in [4.78, 5) is 24.8. The van der Waals surface area contributed by atoms with Gasteiger partial charge in [0, 0.05) is 31.9 Å². The highest BCUT2D eigenvalue weighted by Gasteiger charge is 2.24.